The van der Waals surface area contributed by atoms with Crippen molar-refractivity contribution in [1.82, 2.24) is 4.98 Å². The summed E-state index contributed by atoms with van der Waals surface area (Å²) in [6.07, 6.45) is 2.56. The van der Waals surface area contributed by atoms with Crippen molar-refractivity contribution in [3.63, 3.8) is 0 Å². The summed E-state index contributed by atoms with van der Waals surface area (Å²) < 4.78 is 70.6. The number of hydrogen-bond acceptors (Lipinski definition) is 5. The number of benzene rings is 1. The molecule has 0 aliphatic heterocycles. The van der Waals surface area contributed by atoms with Crippen molar-refractivity contribution >= 4 is 21.1 Å². The van der Waals surface area contributed by atoms with Gasteiger partial charge in [-0.15, -0.1) is 0 Å². The summed E-state index contributed by atoms with van der Waals surface area (Å²) in [5, 5.41) is 0.0772. The third-order valence-corrected chi connectivity index (χ3v) is 4.19. The van der Waals surface area contributed by atoms with Crippen LogP contribution in [0, 0.1) is 6.92 Å². The topological polar surface area (TPSA) is 69.4 Å². The van der Waals surface area contributed by atoms with E-state index in [2.05, 4.69) is 9.17 Å². The molecular formula is C15H10F3NO4S. The molecule has 126 valence electrons. The van der Waals surface area contributed by atoms with E-state index in [0.29, 0.717) is 5.56 Å². The molecule has 9 heteroatoms. The fourth-order valence-electron chi connectivity index (χ4n) is 2.06. The largest absolute Gasteiger partial charge is 0.534 e. The van der Waals surface area contributed by atoms with E-state index in [-0.39, 0.29) is 16.7 Å². The Hall–Kier alpha value is -2.55. The van der Waals surface area contributed by atoms with E-state index in [0.717, 1.165) is 5.56 Å². The molecule has 3 aromatic rings. The first-order chi connectivity index (χ1) is 11.2. The van der Waals surface area contributed by atoms with Gasteiger partial charge in [0.1, 0.15) is 0 Å². The van der Waals surface area contributed by atoms with Crippen molar-refractivity contribution in [2.24, 2.45) is 0 Å². The average molecular weight is 357 g/mol. The highest BCUT2D eigenvalue weighted by Gasteiger charge is 2.49. The lowest BCUT2D eigenvalue weighted by molar-refractivity contribution is -0.0499. The van der Waals surface area contributed by atoms with Crippen LogP contribution < -0.4 is 4.18 Å². The maximum atomic E-state index is 12.7. The van der Waals surface area contributed by atoms with Crippen molar-refractivity contribution in [2.45, 2.75) is 12.4 Å². The Kier molecular flexibility index (Phi) is 3.75. The van der Waals surface area contributed by atoms with Gasteiger partial charge in [0, 0.05) is 11.8 Å². The number of furan rings is 1. The number of halogens is 3. The van der Waals surface area contributed by atoms with E-state index < -0.39 is 21.4 Å². The molecule has 0 atom stereocenters. The predicted molar refractivity (Wildman–Crippen MR) is 79.8 cm³/mol. The first-order valence-electron chi connectivity index (χ1n) is 6.63. The van der Waals surface area contributed by atoms with Gasteiger partial charge in [-0.05, 0) is 13.0 Å². The maximum Gasteiger partial charge on any atom is 0.534 e. The molecule has 0 radical (unpaired) electrons. The maximum absolute atomic E-state index is 12.7. The molecule has 0 spiro atoms. The zero-order valence-corrected chi connectivity index (χ0v) is 13.0. The van der Waals surface area contributed by atoms with Crippen molar-refractivity contribution < 1.29 is 30.2 Å². The minimum atomic E-state index is -5.83. The second-order valence-corrected chi connectivity index (χ2v) is 6.52. The molecule has 0 saturated carbocycles. The van der Waals surface area contributed by atoms with Crippen molar-refractivity contribution in [3.8, 4) is 17.1 Å². The Balaban J connectivity index is 2.21. The average Bonchev–Trinajstić information content (AvgIpc) is 2.85. The molecule has 0 aliphatic carbocycles. The number of aromatic nitrogens is 1. The molecule has 0 amide bonds. The van der Waals surface area contributed by atoms with Gasteiger partial charge in [0.25, 0.3) is 0 Å². The third kappa shape index (κ3) is 2.82. The van der Waals surface area contributed by atoms with Crippen LogP contribution >= 0.6 is 0 Å². The number of rotatable bonds is 3. The normalized spacial score (nSPS) is 12.5. The van der Waals surface area contributed by atoms with Crippen molar-refractivity contribution in [2.75, 3.05) is 0 Å². The molecule has 0 aliphatic rings. The Morgan fingerprint density at radius 3 is 2.42 bits per heavy atom. The highest BCUT2D eigenvalue weighted by atomic mass is 32.2. The van der Waals surface area contributed by atoms with Crippen LogP contribution in [0.4, 0.5) is 13.2 Å². The number of fused-ring (bicyclic) bond motifs is 1. The molecule has 0 N–H and O–H groups in total. The fourth-order valence-corrected chi connectivity index (χ4v) is 2.54. The second-order valence-electron chi connectivity index (χ2n) is 4.98. The minimum Gasteiger partial charge on any atom is -0.450 e. The number of hydrogen-bond donors (Lipinski definition) is 0. The van der Waals surface area contributed by atoms with Gasteiger partial charge < -0.3 is 8.60 Å². The molecule has 5 nitrogen and oxygen atoms in total. The smallest absolute Gasteiger partial charge is 0.450 e. The van der Waals surface area contributed by atoms with E-state index >= 15 is 0 Å². The Labute approximate surface area is 134 Å². The monoisotopic (exact) mass is 357 g/mol. The van der Waals surface area contributed by atoms with Gasteiger partial charge in [-0.2, -0.15) is 21.6 Å². The molecule has 0 unspecified atom stereocenters. The molecule has 1 aromatic carbocycles. The zero-order valence-electron chi connectivity index (χ0n) is 12.2. The van der Waals surface area contributed by atoms with E-state index in [1.54, 1.807) is 24.3 Å². The number of pyridine rings is 1. The van der Waals surface area contributed by atoms with Gasteiger partial charge in [0.2, 0.25) is 0 Å². The van der Waals surface area contributed by atoms with Crippen molar-refractivity contribution in [1.29, 1.82) is 0 Å². The molecule has 0 fully saturated rings. The van der Waals surface area contributed by atoms with Crippen LogP contribution in [0.5, 0.6) is 5.75 Å². The molecular weight excluding hydrogens is 347 g/mol. The highest BCUT2D eigenvalue weighted by Crippen LogP contribution is 2.42. The van der Waals surface area contributed by atoms with Crippen LogP contribution in [0.3, 0.4) is 0 Å². The Bertz CT molecular complexity index is 992. The molecule has 0 bridgehead atoms. The Morgan fingerprint density at radius 1 is 1.12 bits per heavy atom. The molecule has 3 rings (SSSR count). The summed E-state index contributed by atoms with van der Waals surface area (Å²) in [5.41, 5.74) is -4.14. The van der Waals surface area contributed by atoms with Gasteiger partial charge in [-0.1, -0.05) is 29.8 Å². The lowest BCUT2D eigenvalue weighted by Crippen LogP contribution is -2.28. The Morgan fingerprint density at radius 2 is 1.79 bits per heavy atom. The van der Waals surface area contributed by atoms with Crippen LogP contribution in [0.2, 0.25) is 0 Å². The van der Waals surface area contributed by atoms with E-state index in [1.807, 2.05) is 6.92 Å². The van der Waals surface area contributed by atoms with Gasteiger partial charge in [0.05, 0.1) is 11.6 Å². The lowest BCUT2D eigenvalue weighted by atomic mass is 10.1. The van der Waals surface area contributed by atoms with Crippen LogP contribution in [-0.4, -0.2) is 18.9 Å². The molecule has 24 heavy (non-hydrogen) atoms. The standard InChI is InChI=1S/C15H10F3NO4S/c1-9-2-4-10(5-3-9)13-14(23-24(20,21)15(16,17)18)11-6-7-19-8-12(11)22-13/h2-8H,1H3. The summed E-state index contributed by atoms with van der Waals surface area (Å²) in [4.78, 5) is 3.80. The van der Waals surface area contributed by atoms with Crippen LogP contribution in [-0.2, 0) is 10.1 Å². The van der Waals surface area contributed by atoms with E-state index in [9.17, 15) is 21.6 Å². The third-order valence-electron chi connectivity index (χ3n) is 3.24. The first-order valence-corrected chi connectivity index (χ1v) is 8.04. The van der Waals surface area contributed by atoms with E-state index in [1.165, 1.54) is 18.5 Å². The van der Waals surface area contributed by atoms with Crippen LogP contribution in [0.15, 0.2) is 47.1 Å². The minimum absolute atomic E-state index is 0.0772. The molecule has 2 aromatic heterocycles. The second kappa shape index (κ2) is 5.52. The summed E-state index contributed by atoms with van der Waals surface area (Å²) in [6.45, 7) is 1.83. The number of nitrogens with zero attached hydrogens (tertiary/aromatic N) is 1. The summed E-state index contributed by atoms with van der Waals surface area (Å²) in [6, 6.07) is 7.92. The number of aryl methyl sites for hydroxylation is 1. The van der Waals surface area contributed by atoms with Gasteiger partial charge in [-0.25, -0.2) is 0 Å². The zero-order chi connectivity index (χ0) is 17.5. The SMILES string of the molecule is Cc1ccc(-c2oc3cnccc3c2OS(=O)(=O)C(F)(F)F)cc1. The predicted octanol–water partition coefficient (Wildman–Crippen LogP) is 4.03. The van der Waals surface area contributed by atoms with Crippen LogP contribution in [0.1, 0.15) is 5.56 Å². The fraction of sp³-hybridized carbons (Fsp3) is 0.133. The first kappa shape index (κ1) is 16.3. The van der Waals surface area contributed by atoms with Gasteiger partial charge >= 0.3 is 15.6 Å². The summed E-state index contributed by atoms with van der Waals surface area (Å²) >= 11 is 0. The number of alkyl halides is 3. The quantitative estimate of drug-likeness (QED) is 0.523. The van der Waals surface area contributed by atoms with Crippen LogP contribution in [0.25, 0.3) is 22.3 Å². The molecule has 0 saturated heterocycles. The van der Waals surface area contributed by atoms with Gasteiger partial charge in [-0.3, -0.25) is 4.98 Å². The van der Waals surface area contributed by atoms with Gasteiger partial charge in [0.15, 0.2) is 17.1 Å². The summed E-state index contributed by atoms with van der Waals surface area (Å²) in [7, 11) is -5.83. The lowest BCUT2D eigenvalue weighted by Gasteiger charge is -2.09. The van der Waals surface area contributed by atoms with Crippen molar-refractivity contribution in [3.05, 3.63) is 48.3 Å². The summed E-state index contributed by atoms with van der Waals surface area (Å²) in [5.74, 6) is -0.639. The van der Waals surface area contributed by atoms with E-state index in [4.69, 9.17) is 4.42 Å². The molecule has 2 heterocycles. The highest BCUT2D eigenvalue weighted by molar-refractivity contribution is 7.88.